The van der Waals surface area contributed by atoms with Crippen LogP contribution in [0.25, 0.3) is 0 Å². The largest absolute Gasteiger partial charge is 0.367 e. The van der Waals surface area contributed by atoms with Gasteiger partial charge in [-0.2, -0.15) is 4.31 Å². The third kappa shape index (κ3) is 4.44. The zero-order valence-electron chi connectivity index (χ0n) is 14.4. The van der Waals surface area contributed by atoms with E-state index in [0.717, 1.165) is 10.2 Å². The Balaban J connectivity index is 1.75. The monoisotopic (exact) mass is 437 g/mol. The summed E-state index contributed by atoms with van der Waals surface area (Å²) >= 11 is 3.36. The van der Waals surface area contributed by atoms with Crippen LogP contribution in [0.5, 0.6) is 0 Å². The lowest BCUT2D eigenvalue weighted by Crippen LogP contribution is -2.48. The van der Waals surface area contributed by atoms with Gasteiger partial charge in [0.1, 0.15) is 0 Å². The number of hydrogen-bond donors (Lipinski definition) is 1. The Bertz CT molecular complexity index is 892. The molecule has 138 valence electrons. The predicted octanol–water partition coefficient (Wildman–Crippen LogP) is 2.78. The van der Waals surface area contributed by atoms with Gasteiger partial charge in [0.15, 0.2) is 0 Å². The molecule has 1 saturated heterocycles. The zero-order valence-corrected chi connectivity index (χ0v) is 16.8. The van der Waals surface area contributed by atoms with Crippen LogP contribution in [-0.2, 0) is 10.0 Å². The van der Waals surface area contributed by atoms with E-state index < -0.39 is 10.0 Å². The van der Waals surface area contributed by atoms with E-state index in [4.69, 9.17) is 0 Å². The number of carbonyl (C=O) groups excluding carboxylic acids is 1. The molecule has 3 rings (SSSR count). The molecule has 1 aliphatic heterocycles. The normalized spacial score (nSPS) is 15.7. The van der Waals surface area contributed by atoms with Crippen LogP contribution in [0.1, 0.15) is 10.4 Å². The fourth-order valence-electron chi connectivity index (χ4n) is 2.91. The second-order valence-electron chi connectivity index (χ2n) is 6.13. The van der Waals surface area contributed by atoms with Crippen molar-refractivity contribution >= 4 is 43.2 Å². The van der Waals surface area contributed by atoms with Gasteiger partial charge in [0, 0.05) is 36.2 Å². The summed E-state index contributed by atoms with van der Waals surface area (Å²) in [7, 11) is -3.17. The Morgan fingerprint density at radius 1 is 1.00 bits per heavy atom. The van der Waals surface area contributed by atoms with Crippen LogP contribution in [0.4, 0.5) is 11.4 Å². The van der Waals surface area contributed by atoms with Crippen LogP contribution in [-0.4, -0.2) is 51.1 Å². The standard InChI is InChI=1S/C18H20BrN3O3S/c1-26(24,25)22-12-10-21(11-13-22)17-5-3-2-4-16(17)20-18(23)14-6-8-15(19)9-7-14/h2-9H,10-13H2,1H3,(H,20,23). The van der Waals surface area contributed by atoms with Crippen molar-refractivity contribution in [3.8, 4) is 0 Å². The summed E-state index contributed by atoms with van der Waals surface area (Å²) in [5.41, 5.74) is 2.18. The first-order chi connectivity index (χ1) is 12.3. The number of halogens is 1. The van der Waals surface area contributed by atoms with Crippen LogP contribution >= 0.6 is 15.9 Å². The van der Waals surface area contributed by atoms with E-state index in [1.165, 1.54) is 10.6 Å². The number of benzene rings is 2. The summed E-state index contributed by atoms with van der Waals surface area (Å²) in [6.45, 7) is 2.04. The van der Waals surface area contributed by atoms with Crippen molar-refractivity contribution in [1.82, 2.24) is 4.31 Å². The van der Waals surface area contributed by atoms with Crippen molar-refractivity contribution in [2.75, 3.05) is 42.7 Å². The Kier molecular flexibility index (Phi) is 5.64. The molecule has 0 spiro atoms. The number of anilines is 2. The van der Waals surface area contributed by atoms with Crippen LogP contribution in [0.2, 0.25) is 0 Å². The number of amides is 1. The molecule has 0 aromatic heterocycles. The van der Waals surface area contributed by atoms with Crippen LogP contribution in [0.3, 0.4) is 0 Å². The lowest BCUT2D eigenvalue weighted by molar-refractivity contribution is 0.102. The van der Waals surface area contributed by atoms with Gasteiger partial charge in [-0.05, 0) is 36.4 Å². The number of carbonyl (C=O) groups is 1. The average molecular weight is 438 g/mol. The molecule has 1 fully saturated rings. The molecule has 0 unspecified atom stereocenters. The molecule has 0 saturated carbocycles. The number of nitrogens with zero attached hydrogens (tertiary/aromatic N) is 2. The Labute approximate surface area is 162 Å². The second kappa shape index (κ2) is 7.77. The smallest absolute Gasteiger partial charge is 0.255 e. The van der Waals surface area contributed by atoms with E-state index in [1.54, 1.807) is 12.1 Å². The summed E-state index contributed by atoms with van der Waals surface area (Å²) in [5, 5.41) is 2.96. The van der Waals surface area contributed by atoms with E-state index in [1.807, 2.05) is 36.4 Å². The number of hydrogen-bond acceptors (Lipinski definition) is 4. The molecule has 0 radical (unpaired) electrons. The van der Waals surface area contributed by atoms with Gasteiger partial charge in [0.05, 0.1) is 17.6 Å². The number of rotatable bonds is 4. The quantitative estimate of drug-likeness (QED) is 0.797. The minimum Gasteiger partial charge on any atom is -0.367 e. The first-order valence-corrected chi connectivity index (χ1v) is 10.8. The Hall–Kier alpha value is -1.90. The molecule has 1 N–H and O–H groups in total. The van der Waals surface area contributed by atoms with Crippen molar-refractivity contribution in [2.24, 2.45) is 0 Å². The van der Waals surface area contributed by atoms with E-state index in [-0.39, 0.29) is 5.91 Å². The van der Waals surface area contributed by atoms with Gasteiger partial charge >= 0.3 is 0 Å². The third-order valence-electron chi connectivity index (χ3n) is 4.31. The van der Waals surface area contributed by atoms with E-state index in [9.17, 15) is 13.2 Å². The molecule has 0 aliphatic carbocycles. The molecule has 1 heterocycles. The minimum absolute atomic E-state index is 0.181. The SMILES string of the molecule is CS(=O)(=O)N1CCN(c2ccccc2NC(=O)c2ccc(Br)cc2)CC1. The highest BCUT2D eigenvalue weighted by molar-refractivity contribution is 9.10. The van der Waals surface area contributed by atoms with Crippen molar-refractivity contribution in [2.45, 2.75) is 0 Å². The first kappa shape index (κ1) is 18.9. The number of nitrogens with one attached hydrogen (secondary N) is 1. The lowest BCUT2D eigenvalue weighted by Gasteiger charge is -2.35. The highest BCUT2D eigenvalue weighted by Gasteiger charge is 2.24. The van der Waals surface area contributed by atoms with Crippen LogP contribution in [0, 0.1) is 0 Å². The van der Waals surface area contributed by atoms with Gasteiger partial charge in [0.2, 0.25) is 10.0 Å². The summed E-state index contributed by atoms with van der Waals surface area (Å²) in [6.07, 6.45) is 1.23. The average Bonchev–Trinajstić information content (AvgIpc) is 2.62. The van der Waals surface area contributed by atoms with Crippen molar-refractivity contribution in [1.29, 1.82) is 0 Å². The van der Waals surface area contributed by atoms with Crippen molar-refractivity contribution < 1.29 is 13.2 Å². The second-order valence-corrected chi connectivity index (χ2v) is 9.03. The minimum atomic E-state index is -3.17. The molecule has 0 bridgehead atoms. The van der Waals surface area contributed by atoms with Gasteiger partial charge in [-0.1, -0.05) is 28.1 Å². The maximum absolute atomic E-state index is 12.5. The summed E-state index contributed by atoms with van der Waals surface area (Å²) < 4.78 is 25.7. The molecule has 8 heteroatoms. The highest BCUT2D eigenvalue weighted by Crippen LogP contribution is 2.27. The molecule has 0 atom stereocenters. The third-order valence-corrected chi connectivity index (χ3v) is 6.14. The fraction of sp³-hybridized carbons (Fsp3) is 0.278. The van der Waals surface area contributed by atoms with Gasteiger partial charge < -0.3 is 10.2 Å². The highest BCUT2D eigenvalue weighted by atomic mass is 79.9. The topological polar surface area (TPSA) is 69.7 Å². The van der Waals surface area contributed by atoms with Gasteiger partial charge in [-0.3, -0.25) is 4.79 Å². The molecule has 6 nitrogen and oxygen atoms in total. The molecule has 1 amide bonds. The van der Waals surface area contributed by atoms with Crippen LogP contribution < -0.4 is 10.2 Å². The maximum Gasteiger partial charge on any atom is 0.255 e. The van der Waals surface area contributed by atoms with Gasteiger partial charge in [0.25, 0.3) is 5.91 Å². The summed E-state index contributed by atoms with van der Waals surface area (Å²) in [5.74, 6) is -0.181. The van der Waals surface area contributed by atoms with Crippen molar-refractivity contribution in [3.63, 3.8) is 0 Å². The number of para-hydroxylation sites is 2. The zero-order chi connectivity index (χ0) is 18.7. The van der Waals surface area contributed by atoms with E-state index in [2.05, 4.69) is 26.1 Å². The Morgan fingerprint density at radius 3 is 2.23 bits per heavy atom. The van der Waals surface area contributed by atoms with Gasteiger partial charge in [-0.15, -0.1) is 0 Å². The molecule has 2 aromatic rings. The van der Waals surface area contributed by atoms with Crippen molar-refractivity contribution in [3.05, 3.63) is 58.6 Å². The first-order valence-electron chi connectivity index (χ1n) is 8.20. The van der Waals surface area contributed by atoms with E-state index >= 15 is 0 Å². The van der Waals surface area contributed by atoms with Gasteiger partial charge in [-0.25, -0.2) is 8.42 Å². The molecule has 1 aliphatic rings. The number of sulfonamides is 1. The predicted molar refractivity (Wildman–Crippen MR) is 107 cm³/mol. The lowest BCUT2D eigenvalue weighted by atomic mass is 10.2. The molecular weight excluding hydrogens is 418 g/mol. The fourth-order valence-corrected chi connectivity index (χ4v) is 4.00. The Morgan fingerprint density at radius 2 is 1.62 bits per heavy atom. The summed E-state index contributed by atoms with van der Waals surface area (Å²) in [6, 6.07) is 14.7. The van der Waals surface area contributed by atoms with Crippen LogP contribution in [0.15, 0.2) is 53.0 Å². The van der Waals surface area contributed by atoms with E-state index in [0.29, 0.717) is 37.4 Å². The maximum atomic E-state index is 12.5. The molecule has 26 heavy (non-hydrogen) atoms. The number of piperazine rings is 1. The molecule has 2 aromatic carbocycles. The molecular formula is C18H20BrN3O3S. The summed E-state index contributed by atoms with van der Waals surface area (Å²) in [4.78, 5) is 14.6.